The number of para-hydroxylation sites is 1. The van der Waals surface area contributed by atoms with Crippen LogP contribution in [0.15, 0.2) is 18.2 Å². The normalized spacial score (nSPS) is 16.9. The molecule has 1 aromatic carbocycles. The lowest BCUT2D eigenvalue weighted by Gasteiger charge is -2.23. The fourth-order valence-electron chi connectivity index (χ4n) is 2.83. The molecule has 1 saturated heterocycles. The van der Waals surface area contributed by atoms with Gasteiger partial charge in [-0.1, -0.05) is 6.07 Å². The van der Waals surface area contributed by atoms with Crippen LogP contribution in [0.1, 0.15) is 18.7 Å². The molecular formula is C15H18ClFN2S. The fraction of sp³-hybridized carbons (Fsp3) is 0.533. The monoisotopic (exact) mass is 312 g/mol. The van der Waals surface area contributed by atoms with Crippen LogP contribution in [-0.2, 0) is 13.0 Å². The Balaban J connectivity index is 1.97. The SMILES string of the molecule is Fc1cccc2c1nc(CCCl)n2CC1CCSCC1. The van der Waals surface area contributed by atoms with Gasteiger partial charge in [0.15, 0.2) is 5.82 Å². The lowest BCUT2D eigenvalue weighted by molar-refractivity contribution is 0.416. The summed E-state index contributed by atoms with van der Waals surface area (Å²) in [6.45, 7) is 0.937. The average Bonchev–Trinajstić information content (AvgIpc) is 2.81. The largest absolute Gasteiger partial charge is 0.328 e. The quantitative estimate of drug-likeness (QED) is 0.791. The molecule has 1 aliphatic heterocycles. The predicted molar refractivity (Wildman–Crippen MR) is 84.2 cm³/mol. The van der Waals surface area contributed by atoms with E-state index in [1.165, 1.54) is 30.4 Å². The highest BCUT2D eigenvalue weighted by Crippen LogP contribution is 2.27. The van der Waals surface area contributed by atoms with Crippen LogP contribution in [0.2, 0.25) is 0 Å². The molecule has 108 valence electrons. The number of halogens is 2. The number of benzene rings is 1. The van der Waals surface area contributed by atoms with Crippen LogP contribution in [0.4, 0.5) is 4.39 Å². The van der Waals surface area contributed by atoms with Crippen LogP contribution in [0.5, 0.6) is 0 Å². The fourth-order valence-corrected chi connectivity index (χ4v) is 4.20. The molecule has 2 aromatic rings. The second kappa shape index (κ2) is 6.35. The highest BCUT2D eigenvalue weighted by atomic mass is 35.5. The topological polar surface area (TPSA) is 17.8 Å². The van der Waals surface area contributed by atoms with Crippen molar-refractivity contribution in [3.8, 4) is 0 Å². The number of hydrogen-bond acceptors (Lipinski definition) is 2. The van der Waals surface area contributed by atoms with Gasteiger partial charge in [-0.3, -0.25) is 0 Å². The summed E-state index contributed by atoms with van der Waals surface area (Å²) in [5.74, 6) is 4.33. The van der Waals surface area contributed by atoms with Gasteiger partial charge in [-0.25, -0.2) is 9.37 Å². The Bertz CT molecular complexity index is 593. The number of alkyl halides is 1. The number of aromatic nitrogens is 2. The average molecular weight is 313 g/mol. The second-order valence-electron chi connectivity index (χ2n) is 5.24. The summed E-state index contributed by atoms with van der Waals surface area (Å²) in [5, 5.41) is 0. The second-order valence-corrected chi connectivity index (χ2v) is 6.84. The van der Waals surface area contributed by atoms with E-state index in [9.17, 15) is 4.39 Å². The van der Waals surface area contributed by atoms with Crippen LogP contribution in [0.25, 0.3) is 11.0 Å². The van der Waals surface area contributed by atoms with Gasteiger partial charge in [0, 0.05) is 18.8 Å². The van der Waals surface area contributed by atoms with Crippen molar-refractivity contribution >= 4 is 34.4 Å². The van der Waals surface area contributed by atoms with E-state index in [2.05, 4.69) is 9.55 Å². The van der Waals surface area contributed by atoms with Gasteiger partial charge in [-0.2, -0.15) is 11.8 Å². The molecule has 0 unspecified atom stereocenters. The first kappa shape index (κ1) is 14.2. The number of hydrogen-bond donors (Lipinski definition) is 0. The van der Waals surface area contributed by atoms with Gasteiger partial charge in [0.2, 0.25) is 0 Å². The number of fused-ring (bicyclic) bond motifs is 1. The maximum absolute atomic E-state index is 13.9. The van der Waals surface area contributed by atoms with E-state index in [-0.39, 0.29) is 5.82 Å². The summed E-state index contributed by atoms with van der Waals surface area (Å²) < 4.78 is 16.1. The van der Waals surface area contributed by atoms with Crippen molar-refractivity contribution < 1.29 is 4.39 Å². The molecule has 0 N–H and O–H groups in total. The maximum atomic E-state index is 13.9. The molecule has 1 fully saturated rings. The molecule has 3 rings (SSSR count). The zero-order chi connectivity index (χ0) is 13.9. The first-order chi connectivity index (χ1) is 9.79. The van der Waals surface area contributed by atoms with E-state index in [1.807, 2.05) is 17.8 Å². The minimum absolute atomic E-state index is 0.240. The van der Waals surface area contributed by atoms with Gasteiger partial charge in [0.1, 0.15) is 11.3 Å². The minimum atomic E-state index is -0.240. The summed E-state index contributed by atoms with van der Waals surface area (Å²) in [4.78, 5) is 4.47. The van der Waals surface area contributed by atoms with Crippen LogP contribution >= 0.6 is 23.4 Å². The third kappa shape index (κ3) is 2.82. The Morgan fingerprint density at radius 1 is 1.35 bits per heavy atom. The molecule has 2 nitrogen and oxygen atoms in total. The lowest BCUT2D eigenvalue weighted by Crippen LogP contribution is -2.18. The van der Waals surface area contributed by atoms with E-state index in [0.29, 0.717) is 23.7 Å². The standard InChI is InChI=1S/C15H18ClFN2S/c16-7-4-14-18-15-12(17)2-1-3-13(15)19(14)10-11-5-8-20-9-6-11/h1-3,11H,4-10H2. The Labute approximate surface area is 127 Å². The molecule has 2 heterocycles. The molecule has 0 saturated carbocycles. The summed E-state index contributed by atoms with van der Waals surface area (Å²) in [6.07, 6.45) is 3.16. The predicted octanol–water partition coefficient (Wildman–Crippen LogP) is 4.10. The highest BCUT2D eigenvalue weighted by molar-refractivity contribution is 7.99. The van der Waals surface area contributed by atoms with Crippen molar-refractivity contribution in [1.82, 2.24) is 9.55 Å². The van der Waals surface area contributed by atoms with E-state index in [4.69, 9.17) is 11.6 Å². The number of aryl methyl sites for hydroxylation is 1. The molecule has 0 radical (unpaired) electrons. The van der Waals surface area contributed by atoms with Crippen LogP contribution in [0, 0.1) is 11.7 Å². The van der Waals surface area contributed by atoms with Gasteiger partial charge in [0.05, 0.1) is 5.52 Å². The van der Waals surface area contributed by atoms with Crippen molar-refractivity contribution in [3.05, 3.63) is 29.8 Å². The zero-order valence-electron chi connectivity index (χ0n) is 11.3. The zero-order valence-corrected chi connectivity index (χ0v) is 12.9. The molecule has 0 spiro atoms. The maximum Gasteiger partial charge on any atom is 0.151 e. The molecule has 1 aliphatic rings. The molecular weight excluding hydrogens is 295 g/mol. The summed E-state index contributed by atoms with van der Waals surface area (Å²) in [6, 6.07) is 5.19. The lowest BCUT2D eigenvalue weighted by atomic mass is 10.0. The van der Waals surface area contributed by atoms with Gasteiger partial charge >= 0.3 is 0 Å². The van der Waals surface area contributed by atoms with E-state index in [1.54, 1.807) is 6.07 Å². The van der Waals surface area contributed by atoms with Gasteiger partial charge in [-0.05, 0) is 42.4 Å². The minimum Gasteiger partial charge on any atom is -0.328 e. The van der Waals surface area contributed by atoms with Crippen LogP contribution in [-0.4, -0.2) is 26.9 Å². The Hall–Kier alpha value is -0.740. The number of rotatable bonds is 4. The van der Waals surface area contributed by atoms with Crippen molar-refractivity contribution in [3.63, 3.8) is 0 Å². The van der Waals surface area contributed by atoms with Gasteiger partial charge in [-0.15, -0.1) is 11.6 Å². The third-order valence-electron chi connectivity index (χ3n) is 3.91. The smallest absolute Gasteiger partial charge is 0.151 e. The molecule has 5 heteroatoms. The first-order valence-corrected chi connectivity index (χ1v) is 8.76. The summed E-state index contributed by atoms with van der Waals surface area (Å²) in [7, 11) is 0. The highest BCUT2D eigenvalue weighted by Gasteiger charge is 2.19. The summed E-state index contributed by atoms with van der Waals surface area (Å²) >= 11 is 7.89. The van der Waals surface area contributed by atoms with Crippen molar-refractivity contribution in [2.24, 2.45) is 5.92 Å². The molecule has 0 amide bonds. The van der Waals surface area contributed by atoms with E-state index in [0.717, 1.165) is 17.9 Å². The molecule has 0 bridgehead atoms. The van der Waals surface area contributed by atoms with Crippen molar-refractivity contribution in [2.75, 3.05) is 17.4 Å². The van der Waals surface area contributed by atoms with Crippen LogP contribution < -0.4 is 0 Å². The van der Waals surface area contributed by atoms with Crippen molar-refractivity contribution in [1.29, 1.82) is 0 Å². The van der Waals surface area contributed by atoms with Gasteiger partial charge in [0.25, 0.3) is 0 Å². The Morgan fingerprint density at radius 2 is 2.15 bits per heavy atom. The number of thioether (sulfide) groups is 1. The molecule has 0 aliphatic carbocycles. The number of imidazole rings is 1. The Kier molecular flexibility index (Phi) is 4.51. The van der Waals surface area contributed by atoms with E-state index < -0.39 is 0 Å². The molecule has 1 aromatic heterocycles. The van der Waals surface area contributed by atoms with Gasteiger partial charge < -0.3 is 4.57 Å². The third-order valence-corrected chi connectivity index (χ3v) is 5.15. The van der Waals surface area contributed by atoms with E-state index >= 15 is 0 Å². The molecule has 0 atom stereocenters. The number of nitrogens with zero attached hydrogens (tertiary/aromatic N) is 2. The molecule has 20 heavy (non-hydrogen) atoms. The first-order valence-electron chi connectivity index (χ1n) is 7.07. The van der Waals surface area contributed by atoms with Crippen molar-refractivity contribution in [2.45, 2.75) is 25.8 Å². The van der Waals surface area contributed by atoms with Crippen LogP contribution in [0.3, 0.4) is 0 Å². The Morgan fingerprint density at radius 3 is 2.90 bits per heavy atom. The summed E-state index contributed by atoms with van der Waals surface area (Å²) in [5.41, 5.74) is 1.39.